The Labute approximate surface area is 74.1 Å². The highest BCUT2D eigenvalue weighted by Crippen LogP contribution is 2.51. The molecule has 2 rings (SSSR count). The minimum Gasteiger partial charge on any atom is -0.198 e. The first kappa shape index (κ1) is 7.86. The number of allylic oxidation sites excluding steroid dienone is 2. The number of hydrogen-bond acceptors (Lipinski definition) is 1. The van der Waals surface area contributed by atoms with Gasteiger partial charge in [0.1, 0.15) is 0 Å². The summed E-state index contributed by atoms with van der Waals surface area (Å²) in [5.41, 5.74) is 1.83. The van der Waals surface area contributed by atoms with E-state index >= 15 is 0 Å². The van der Waals surface area contributed by atoms with Crippen LogP contribution >= 0.6 is 0 Å². The second kappa shape index (κ2) is 2.62. The summed E-state index contributed by atoms with van der Waals surface area (Å²) in [5.74, 6) is 0.271. The van der Waals surface area contributed by atoms with Crippen LogP contribution in [0.4, 0.5) is 0 Å². The zero-order chi connectivity index (χ0) is 8.60. The Morgan fingerprint density at radius 3 is 3.17 bits per heavy atom. The van der Waals surface area contributed by atoms with Crippen LogP contribution in [0.1, 0.15) is 39.0 Å². The van der Waals surface area contributed by atoms with E-state index in [0.29, 0.717) is 0 Å². The molecule has 0 heterocycles. The van der Waals surface area contributed by atoms with E-state index in [4.69, 9.17) is 5.26 Å². The van der Waals surface area contributed by atoms with E-state index in [0.717, 1.165) is 6.42 Å². The molecule has 0 amide bonds. The molecule has 0 aromatic rings. The summed E-state index contributed by atoms with van der Waals surface area (Å²) in [6.45, 7) is 2.28. The molecule has 0 aromatic carbocycles. The Morgan fingerprint density at radius 2 is 2.42 bits per heavy atom. The van der Waals surface area contributed by atoms with Crippen LogP contribution < -0.4 is 0 Å². The van der Waals surface area contributed by atoms with Gasteiger partial charge >= 0.3 is 0 Å². The topological polar surface area (TPSA) is 23.8 Å². The van der Waals surface area contributed by atoms with Gasteiger partial charge in [0.25, 0.3) is 0 Å². The van der Waals surface area contributed by atoms with E-state index in [1.165, 1.54) is 25.7 Å². The van der Waals surface area contributed by atoms with Gasteiger partial charge in [0, 0.05) is 5.41 Å². The summed E-state index contributed by atoms with van der Waals surface area (Å²) in [6.07, 6.45) is 8.44. The van der Waals surface area contributed by atoms with Crippen LogP contribution in [0.2, 0.25) is 0 Å². The average Bonchev–Trinajstić information content (AvgIpc) is 2.41. The standard InChI is InChI=1S/C11H15N/c1-11-7-3-2-4-9(11)5-6-10(11)8-12/h5,10H,2-4,6-7H2,1H3. The third-order valence-corrected chi connectivity index (χ3v) is 3.65. The highest BCUT2D eigenvalue weighted by molar-refractivity contribution is 5.27. The van der Waals surface area contributed by atoms with Gasteiger partial charge in [0.15, 0.2) is 0 Å². The molecule has 2 unspecified atom stereocenters. The zero-order valence-corrected chi connectivity index (χ0v) is 7.64. The van der Waals surface area contributed by atoms with Crippen LogP contribution in [-0.2, 0) is 0 Å². The summed E-state index contributed by atoms with van der Waals surface area (Å²) < 4.78 is 0. The van der Waals surface area contributed by atoms with Crippen molar-refractivity contribution in [3.8, 4) is 6.07 Å². The van der Waals surface area contributed by atoms with Gasteiger partial charge < -0.3 is 0 Å². The van der Waals surface area contributed by atoms with E-state index in [2.05, 4.69) is 19.1 Å². The molecular formula is C11H15N. The first-order chi connectivity index (χ1) is 5.77. The number of nitriles is 1. The average molecular weight is 161 g/mol. The summed E-state index contributed by atoms with van der Waals surface area (Å²) in [5, 5.41) is 8.99. The van der Waals surface area contributed by atoms with Gasteiger partial charge in [-0.1, -0.05) is 25.0 Å². The van der Waals surface area contributed by atoms with Crippen molar-refractivity contribution < 1.29 is 0 Å². The minimum atomic E-state index is 0.257. The molecule has 1 fully saturated rings. The van der Waals surface area contributed by atoms with E-state index in [-0.39, 0.29) is 11.3 Å². The lowest BCUT2D eigenvalue weighted by atomic mass is 9.68. The monoisotopic (exact) mass is 161 g/mol. The van der Waals surface area contributed by atoms with Crippen LogP contribution in [0.5, 0.6) is 0 Å². The van der Waals surface area contributed by atoms with Crippen molar-refractivity contribution in [3.63, 3.8) is 0 Å². The Hall–Kier alpha value is -0.770. The molecule has 2 aliphatic rings. The third-order valence-electron chi connectivity index (χ3n) is 3.65. The molecule has 0 saturated heterocycles. The maximum atomic E-state index is 8.99. The van der Waals surface area contributed by atoms with E-state index in [9.17, 15) is 0 Å². The van der Waals surface area contributed by atoms with Gasteiger partial charge in [-0.2, -0.15) is 5.26 Å². The summed E-state index contributed by atoms with van der Waals surface area (Å²) >= 11 is 0. The van der Waals surface area contributed by atoms with Crippen LogP contribution in [-0.4, -0.2) is 0 Å². The molecule has 1 saturated carbocycles. The Bertz CT molecular complexity index is 259. The molecule has 0 spiro atoms. The molecule has 64 valence electrons. The summed E-state index contributed by atoms with van der Waals surface area (Å²) in [6, 6.07) is 2.45. The predicted octanol–water partition coefficient (Wildman–Crippen LogP) is 3.04. The third kappa shape index (κ3) is 0.909. The Kier molecular flexibility index (Phi) is 1.72. The smallest absolute Gasteiger partial charge is 0.0668 e. The number of fused-ring (bicyclic) bond motifs is 1. The lowest BCUT2D eigenvalue weighted by Crippen LogP contribution is -2.27. The lowest BCUT2D eigenvalue weighted by Gasteiger charge is -2.35. The number of rotatable bonds is 0. The van der Waals surface area contributed by atoms with Crippen molar-refractivity contribution in [1.82, 2.24) is 0 Å². The van der Waals surface area contributed by atoms with Crippen LogP contribution in [0.25, 0.3) is 0 Å². The van der Waals surface area contributed by atoms with Gasteiger partial charge in [-0.25, -0.2) is 0 Å². The molecule has 0 N–H and O–H groups in total. The first-order valence-electron chi connectivity index (χ1n) is 4.86. The molecule has 1 heteroatoms. The fourth-order valence-electron chi connectivity index (χ4n) is 2.70. The van der Waals surface area contributed by atoms with Crippen molar-refractivity contribution in [1.29, 1.82) is 5.26 Å². The molecule has 12 heavy (non-hydrogen) atoms. The Morgan fingerprint density at radius 1 is 1.58 bits per heavy atom. The highest BCUT2D eigenvalue weighted by atomic mass is 14.5. The van der Waals surface area contributed by atoms with Crippen LogP contribution in [0.15, 0.2) is 11.6 Å². The van der Waals surface area contributed by atoms with Gasteiger partial charge in [-0.3, -0.25) is 0 Å². The van der Waals surface area contributed by atoms with Crippen molar-refractivity contribution in [2.45, 2.75) is 39.0 Å². The SMILES string of the molecule is CC12CCCCC1=CCC2C#N. The lowest BCUT2D eigenvalue weighted by molar-refractivity contribution is 0.253. The molecular weight excluding hydrogens is 146 g/mol. The second-order valence-corrected chi connectivity index (χ2v) is 4.27. The van der Waals surface area contributed by atoms with Crippen LogP contribution in [0, 0.1) is 22.7 Å². The van der Waals surface area contributed by atoms with Crippen LogP contribution in [0.3, 0.4) is 0 Å². The number of hydrogen-bond donors (Lipinski definition) is 0. The molecule has 0 aliphatic heterocycles. The van der Waals surface area contributed by atoms with Gasteiger partial charge in [-0.05, 0) is 25.7 Å². The maximum absolute atomic E-state index is 8.99. The van der Waals surface area contributed by atoms with E-state index in [1.54, 1.807) is 5.57 Å². The second-order valence-electron chi connectivity index (χ2n) is 4.27. The molecule has 0 radical (unpaired) electrons. The van der Waals surface area contributed by atoms with Gasteiger partial charge in [-0.15, -0.1) is 0 Å². The molecule has 2 aliphatic carbocycles. The highest BCUT2D eigenvalue weighted by Gasteiger charge is 2.42. The van der Waals surface area contributed by atoms with E-state index in [1.807, 2.05) is 0 Å². The molecule has 0 bridgehead atoms. The molecule has 2 atom stereocenters. The van der Waals surface area contributed by atoms with E-state index < -0.39 is 0 Å². The van der Waals surface area contributed by atoms with Crippen molar-refractivity contribution in [2.24, 2.45) is 11.3 Å². The minimum absolute atomic E-state index is 0.257. The number of nitrogens with zero attached hydrogens (tertiary/aromatic N) is 1. The van der Waals surface area contributed by atoms with Crippen molar-refractivity contribution in [2.75, 3.05) is 0 Å². The molecule has 0 aromatic heterocycles. The van der Waals surface area contributed by atoms with Crippen molar-refractivity contribution >= 4 is 0 Å². The quantitative estimate of drug-likeness (QED) is 0.501. The summed E-state index contributed by atoms with van der Waals surface area (Å²) in [4.78, 5) is 0. The summed E-state index contributed by atoms with van der Waals surface area (Å²) in [7, 11) is 0. The zero-order valence-electron chi connectivity index (χ0n) is 7.64. The fourth-order valence-corrected chi connectivity index (χ4v) is 2.70. The predicted molar refractivity (Wildman–Crippen MR) is 48.4 cm³/mol. The Balaban J connectivity index is 2.28. The molecule has 1 nitrogen and oxygen atoms in total. The van der Waals surface area contributed by atoms with Crippen molar-refractivity contribution in [3.05, 3.63) is 11.6 Å². The largest absolute Gasteiger partial charge is 0.198 e. The van der Waals surface area contributed by atoms with Gasteiger partial charge in [0.2, 0.25) is 0 Å². The first-order valence-corrected chi connectivity index (χ1v) is 4.86. The normalized spacial score (nSPS) is 40.0. The fraction of sp³-hybridized carbons (Fsp3) is 0.727. The maximum Gasteiger partial charge on any atom is 0.0668 e. The van der Waals surface area contributed by atoms with Gasteiger partial charge in [0.05, 0.1) is 12.0 Å².